The Morgan fingerprint density at radius 2 is 2.29 bits per heavy atom. The first-order valence-corrected chi connectivity index (χ1v) is 2.07. The Labute approximate surface area is 44.7 Å². The van der Waals surface area contributed by atoms with Gasteiger partial charge in [-0.3, -0.25) is 0 Å². The van der Waals surface area contributed by atoms with Gasteiger partial charge in [0, 0.05) is 6.07 Å². The van der Waals surface area contributed by atoms with E-state index in [9.17, 15) is 4.39 Å². The van der Waals surface area contributed by atoms with Gasteiger partial charge in [0.05, 0.1) is 0 Å². The lowest BCUT2D eigenvalue weighted by molar-refractivity contribution is 0.360. The van der Waals surface area contributed by atoms with Crippen LogP contribution >= 0.6 is 11.6 Å². The molecule has 0 aliphatic heterocycles. The minimum atomic E-state index is -0.648. The summed E-state index contributed by atoms with van der Waals surface area (Å²) in [6.45, 7) is 0. The zero-order valence-corrected chi connectivity index (χ0v) is 4.07. The van der Waals surface area contributed by atoms with Crippen molar-refractivity contribution in [1.82, 2.24) is 0 Å². The van der Waals surface area contributed by atoms with Gasteiger partial charge >= 0.3 is 0 Å². The molecule has 0 spiro atoms. The van der Waals surface area contributed by atoms with Gasteiger partial charge in [0.15, 0.2) is 5.22 Å². The van der Waals surface area contributed by atoms with Crippen molar-refractivity contribution >= 4 is 11.6 Å². The van der Waals surface area contributed by atoms with Crippen LogP contribution in [0.25, 0.3) is 0 Å². The van der Waals surface area contributed by atoms with Crippen LogP contribution in [0.1, 0.15) is 0 Å². The maximum Gasteiger partial charge on any atom is 0.279 e. The fourth-order valence-corrected chi connectivity index (χ4v) is 0.429. The molecule has 1 rings (SSSR count). The van der Waals surface area contributed by atoms with Crippen molar-refractivity contribution in [3.8, 4) is 0 Å². The molecule has 0 unspecified atom stereocenters. The highest BCUT2D eigenvalue weighted by Gasteiger charge is 1.92. The normalized spacial score (nSPS) is 9.43. The summed E-state index contributed by atoms with van der Waals surface area (Å²) >= 11 is 5.15. The lowest BCUT2D eigenvalue weighted by atomic mass is 10.7. The quantitative estimate of drug-likeness (QED) is 0.511. The van der Waals surface area contributed by atoms with Crippen LogP contribution in [-0.2, 0) is 0 Å². The van der Waals surface area contributed by atoms with Crippen LogP contribution in [0.4, 0.5) is 4.39 Å². The Hall–Kier alpha value is -0.500. The van der Waals surface area contributed by atoms with Crippen molar-refractivity contribution in [3.05, 3.63) is 23.4 Å². The van der Waals surface area contributed by atoms with E-state index in [-0.39, 0.29) is 5.22 Å². The minimum absolute atomic E-state index is 0.0810. The van der Waals surface area contributed by atoms with Crippen molar-refractivity contribution in [2.24, 2.45) is 0 Å². The van der Waals surface area contributed by atoms with Gasteiger partial charge in [-0.25, -0.2) is 0 Å². The monoisotopic (exact) mass is 120 g/mol. The van der Waals surface area contributed by atoms with Crippen molar-refractivity contribution in [3.63, 3.8) is 0 Å². The summed E-state index contributed by atoms with van der Waals surface area (Å²) in [6.07, 6.45) is 0. The maximum atomic E-state index is 11.7. The molecule has 38 valence electrons. The third-order valence-corrected chi connectivity index (χ3v) is 0.744. The molecule has 0 saturated heterocycles. The molecule has 0 fully saturated rings. The minimum Gasteiger partial charge on any atom is -0.419 e. The van der Waals surface area contributed by atoms with Crippen molar-refractivity contribution in [2.75, 3.05) is 0 Å². The first kappa shape index (κ1) is 4.65. The molecule has 1 aromatic rings. The van der Waals surface area contributed by atoms with Crippen LogP contribution < -0.4 is 0 Å². The molecule has 0 atom stereocenters. The summed E-state index contributed by atoms with van der Waals surface area (Å²) in [5, 5.41) is 0.0810. The Kier molecular flexibility index (Phi) is 1.02. The molecular weight excluding hydrogens is 118 g/mol. The molecule has 3 heteroatoms. The SMILES string of the molecule is Fc1ccc(Cl)o1. The van der Waals surface area contributed by atoms with Gasteiger partial charge in [-0.15, -0.1) is 0 Å². The third-order valence-electron chi connectivity index (χ3n) is 0.540. The van der Waals surface area contributed by atoms with Crippen molar-refractivity contribution in [1.29, 1.82) is 0 Å². The first-order chi connectivity index (χ1) is 3.29. The van der Waals surface area contributed by atoms with Crippen molar-refractivity contribution in [2.45, 2.75) is 0 Å². The van der Waals surface area contributed by atoms with Crippen LogP contribution in [0.2, 0.25) is 5.22 Å². The maximum absolute atomic E-state index is 11.7. The predicted octanol–water partition coefficient (Wildman–Crippen LogP) is 2.07. The summed E-state index contributed by atoms with van der Waals surface area (Å²) in [7, 11) is 0. The van der Waals surface area contributed by atoms with E-state index in [2.05, 4.69) is 4.42 Å². The Bertz CT molecular complexity index is 144. The average molecular weight is 121 g/mol. The molecule has 0 aliphatic rings. The van der Waals surface area contributed by atoms with E-state index >= 15 is 0 Å². The van der Waals surface area contributed by atoms with Crippen molar-refractivity contribution < 1.29 is 8.81 Å². The molecule has 1 aromatic heterocycles. The van der Waals surface area contributed by atoms with E-state index in [1.54, 1.807) is 0 Å². The van der Waals surface area contributed by atoms with Crippen LogP contribution in [-0.4, -0.2) is 0 Å². The fourth-order valence-electron chi connectivity index (χ4n) is 0.292. The average Bonchev–Trinajstić information content (AvgIpc) is 1.87. The molecule has 1 nitrogen and oxygen atoms in total. The summed E-state index contributed by atoms with van der Waals surface area (Å²) in [5.41, 5.74) is 0. The van der Waals surface area contributed by atoms with Crippen LogP contribution in [0.5, 0.6) is 0 Å². The summed E-state index contributed by atoms with van der Waals surface area (Å²) in [4.78, 5) is 0. The molecule has 0 amide bonds. The van der Waals surface area contributed by atoms with Gasteiger partial charge in [-0.05, 0) is 17.7 Å². The van der Waals surface area contributed by atoms with Gasteiger partial charge in [0.25, 0.3) is 6.01 Å². The number of halogens is 2. The molecule has 0 saturated carbocycles. The lowest BCUT2D eigenvalue weighted by Gasteiger charge is -1.70. The molecule has 0 aliphatic carbocycles. The highest BCUT2D eigenvalue weighted by atomic mass is 35.5. The zero-order valence-electron chi connectivity index (χ0n) is 3.32. The predicted molar refractivity (Wildman–Crippen MR) is 23.7 cm³/mol. The Balaban J connectivity index is 3.04. The second-order valence-corrected chi connectivity index (χ2v) is 1.42. The molecular formula is C4H2ClFO. The van der Waals surface area contributed by atoms with E-state index in [1.165, 1.54) is 6.07 Å². The molecule has 0 bridgehead atoms. The molecule has 0 N–H and O–H groups in total. The zero-order chi connectivity index (χ0) is 5.28. The fraction of sp³-hybridized carbons (Fsp3) is 0. The van der Waals surface area contributed by atoms with E-state index < -0.39 is 6.01 Å². The van der Waals surface area contributed by atoms with Gasteiger partial charge < -0.3 is 4.42 Å². The molecule has 0 aromatic carbocycles. The number of hydrogen-bond donors (Lipinski definition) is 0. The van der Waals surface area contributed by atoms with Gasteiger partial charge in [-0.2, -0.15) is 4.39 Å². The van der Waals surface area contributed by atoms with E-state index in [0.29, 0.717) is 0 Å². The van der Waals surface area contributed by atoms with Crippen LogP contribution in [0.3, 0.4) is 0 Å². The second kappa shape index (κ2) is 1.54. The topological polar surface area (TPSA) is 13.1 Å². The van der Waals surface area contributed by atoms with Gasteiger partial charge in [-0.1, -0.05) is 0 Å². The summed E-state index contributed by atoms with van der Waals surface area (Å²) in [6, 6.07) is 1.85. The van der Waals surface area contributed by atoms with Crippen LogP contribution in [0, 0.1) is 6.01 Å². The Morgan fingerprint density at radius 1 is 1.57 bits per heavy atom. The standard InChI is InChI=1S/C4H2ClFO/c5-3-1-2-4(6)7-3/h1-2H. The van der Waals surface area contributed by atoms with E-state index in [0.717, 1.165) is 6.07 Å². The van der Waals surface area contributed by atoms with Gasteiger partial charge in [0.1, 0.15) is 0 Å². The molecule has 0 radical (unpaired) electrons. The number of rotatable bonds is 0. The summed E-state index contributed by atoms with van der Waals surface area (Å²) in [5.74, 6) is 0. The van der Waals surface area contributed by atoms with E-state index in [4.69, 9.17) is 11.6 Å². The lowest BCUT2D eigenvalue weighted by Crippen LogP contribution is -1.50. The largest absolute Gasteiger partial charge is 0.419 e. The highest BCUT2D eigenvalue weighted by molar-refractivity contribution is 6.28. The molecule has 1 heterocycles. The smallest absolute Gasteiger partial charge is 0.279 e. The summed E-state index contributed by atoms with van der Waals surface area (Å²) < 4.78 is 15.9. The van der Waals surface area contributed by atoms with Crippen LogP contribution in [0.15, 0.2) is 16.5 Å². The molecule has 7 heavy (non-hydrogen) atoms. The first-order valence-electron chi connectivity index (χ1n) is 1.70. The number of furan rings is 1. The highest BCUT2D eigenvalue weighted by Crippen LogP contribution is 2.10. The van der Waals surface area contributed by atoms with E-state index in [1.807, 2.05) is 0 Å². The van der Waals surface area contributed by atoms with Gasteiger partial charge in [0.2, 0.25) is 0 Å². The Morgan fingerprint density at radius 3 is 2.43 bits per heavy atom. The second-order valence-electron chi connectivity index (χ2n) is 1.04. The third kappa shape index (κ3) is 0.933. The number of hydrogen-bond acceptors (Lipinski definition) is 1.